The van der Waals surface area contributed by atoms with Gasteiger partial charge in [-0.05, 0) is 12.3 Å². The number of nitrogens with zero attached hydrogens (tertiary/aromatic N) is 2. The largest absolute Gasteiger partial charge is 0.356 e. The molecule has 0 aromatic carbocycles. The third kappa shape index (κ3) is 5.11. The molecule has 0 saturated heterocycles. The maximum atomic E-state index is 11.9. The van der Waals surface area contributed by atoms with Gasteiger partial charge in [-0.15, -0.1) is 0 Å². The van der Waals surface area contributed by atoms with E-state index in [0.717, 1.165) is 6.42 Å². The van der Waals surface area contributed by atoms with Gasteiger partial charge in [0.25, 0.3) is 5.56 Å². The lowest BCUT2D eigenvalue weighted by atomic mass is 10.2. The molecule has 0 aliphatic heterocycles. The number of aromatic nitrogens is 2. The Morgan fingerprint density at radius 1 is 1.47 bits per heavy atom. The number of carbonyl (C=O) groups excluding carboxylic acids is 1. The van der Waals surface area contributed by atoms with Gasteiger partial charge >= 0.3 is 0 Å². The van der Waals surface area contributed by atoms with Gasteiger partial charge in [0.1, 0.15) is 0 Å². The Balaban J connectivity index is 2.56. The fraction of sp³-hybridized carbons (Fsp3) is 0.615. The number of amides is 1. The molecule has 1 heterocycles. The van der Waals surface area contributed by atoms with Crippen molar-refractivity contribution in [1.29, 1.82) is 0 Å². The number of hydrogen-bond donors (Lipinski definition) is 2. The fourth-order valence-corrected chi connectivity index (χ4v) is 1.53. The van der Waals surface area contributed by atoms with Gasteiger partial charge < -0.3 is 15.2 Å². The molecule has 0 fully saturated rings. The zero-order valence-corrected chi connectivity index (χ0v) is 11.8. The summed E-state index contributed by atoms with van der Waals surface area (Å²) in [6, 6.07) is 0. The van der Waals surface area contributed by atoms with E-state index in [-0.39, 0.29) is 23.8 Å². The number of anilines is 1. The monoisotopic (exact) mass is 266 g/mol. The molecule has 1 aromatic rings. The predicted octanol–water partition coefficient (Wildman–Crippen LogP) is 0.837. The first-order valence-corrected chi connectivity index (χ1v) is 6.60. The maximum absolute atomic E-state index is 11.9. The molecule has 19 heavy (non-hydrogen) atoms. The Morgan fingerprint density at radius 3 is 2.84 bits per heavy atom. The smallest absolute Gasteiger partial charge is 0.293 e. The second-order valence-electron chi connectivity index (χ2n) is 4.83. The third-order valence-corrected chi connectivity index (χ3v) is 2.50. The highest BCUT2D eigenvalue weighted by molar-refractivity contribution is 5.80. The quantitative estimate of drug-likeness (QED) is 0.766. The Labute approximate surface area is 113 Å². The van der Waals surface area contributed by atoms with Crippen LogP contribution in [-0.2, 0) is 11.3 Å². The van der Waals surface area contributed by atoms with Gasteiger partial charge in [-0.1, -0.05) is 20.8 Å². The highest BCUT2D eigenvalue weighted by Gasteiger charge is 2.06. The number of aryl methyl sites for hydroxylation is 1. The summed E-state index contributed by atoms with van der Waals surface area (Å²) in [5, 5.41) is 5.55. The molecule has 0 unspecified atom stereocenters. The van der Waals surface area contributed by atoms with E-state index in [2.05, 4.69) is 15.6 Å². The van der Waals surface area contributed by atoms with Crippen LogP contribution < -0.4 is 16.2 Å². The molecule has 0 saturated carbocycles. The lowest BCUT2D eigenvalue weighted by molar-refractivity contribution is -0.119. The molecular weight excluding hydrogens is 244 g/mol. The van der Waals surface area contributed by atoms with E-state index in [1.807, 2.05) is 20.8 Å². The van der Waals surface area contributed by atoms with Crippen molar-refractivity contribution in [2.45, 2.75) is 33.7 Å². The molecule has 0 aliphatic rings. The first-order valence-electron chi connectivity index (χ1n) is 6.60. The zero-order chi connectivity index (χ0) is 14.3. The van der Waals surface area contributed by atoms with Crippen molar-refractivity contribution in [3.8, 4) is 0 Å². The standard InChI is InChI=1S/C13H22N4O2/c1-4-6-17-7-5-14-12(13(17)19)16-9-11(18)15-8-10(2)3/h5,7,10H,4,6,8-9H2,1-3H3,(H,14,16)(H,15,18). The van der Waals surface area contributed by atoms with Crippen molar-refractivity contribution in [2.24, 2.45) is 5.92 Å². The van der Waals surface area contributed by atoms with Gasteiger partial charge in [-0.25, -0.2) is 4.98 Å². The van der Waals surface area contributed by atoms with E-state index in [1.165, 1.54) is 0 Å². The van der Waals surface area contributed by atoms with Crippen LogP contribution in [0.1, 0.15) is 27.2 Å². The summed E-state index contributed by atoms with van der Waals surface area (Å²) in [6.45, 7) is 7.38. The van der Waals surface area contributed by atoms with Crippen LogP contribution in [0.2, 0.25) is 0 Å². The summed E-state index contributed by atoms with van der Waals surface area (Å²) in [6.07, 6.45) is 4.08. The Kier molecular flexibility index (Phi) is 6.05. The van der Waals surface area contributed by atoms with Gasteiger partial charge in [-0.2, -0.15) is 0 Å². The summed E-state index contributed by atoms with van der Waals surface area (Å²) in [4.78, 5) is 27.4. The van der Waals surface area contributed by atoms with Crippen molar-refractivity contribution in [3.63, 3.8) is 0 Å². The molecule has 0 spiro atoms. The van der Waals surface area contributed by atoms with Gasteiger partial charge in [0, 0.05) is 25.5 Å². The lowest BCUT2D eigenvalue weighted by Gasteiger charge is -2.09. The van der Waals surface area contributed by atoms with Crippen molar-refractivity contribution >= 4 is 11.7 Å². The normalized spacial score (nSPS) is 10.5. The van der Waals surface area contributed by atoms with Crippen LogP contribution in [0.25, 0.3) is 0 Å². The topological polar surface area (TPSA) is 76.0 Å². The summed E-state index contributed by atoms with van der Waals surface area (Å²) < 4.78 is 1.58. The van der Waals surface area contributed by atoms with E-state index in [9.17, 15) is 9.59 Å². The summed E-state index contributed by atoms with van der Waals surface area (Å²) in [5.41, 5.74) is -0.194. The first-order chi connectivity index (χ1) is 9.04. The van der Waals surface area contributed by atoms with Gasteiger partial charge in [-0.3, -0.25) is 9.59 Å². The molecule has 6 heteroatoms. The molecule has 1 amide bonds. The van der Waals surface area contributed by atoms with Crippen LogP contribution in [-0.4, -0.2) is 28.5 Å². The summed E-state index contributed by atoms with van der Waals surface area (Å²) >= 11 is 0. The van der Waals surface area contributed by atoms with Crippen LogP contribution in [0.5, 0.6) is 0 Å². The van der Waals surface area contributed by atoms with E-state index in [0.29, 0.717) is 19.0 Å². The third-order valence-electron chi connectivity index (χ3n) is 2.50. The molecular formula is C13H22N4O2. The zero-order valence-electron chi connectivity index (χ0n) is 11.8. The van der Waals surface area contributed by atoms with Crippen LogP contribution in [0, 0.1) is 5.92 Å². The van der Waals surface area contributed by atoms with E-state index in [4.69, 9.17) is 0 Å². The SMILES string of the molecule is CCCn1ccnc(NCC(=O)NCC(C)C)c1=O. The average molecular weight is 266 g/mol. The second kappa shape index (κ2) is 7.56. The molecule has 0 bridgehead atoms. The number of carbonyl (C=O) groups is 1. The molecule has 6 nitrogen and oxygen atoms in total. The molecule has 106 valence electrons. The minimum Gasteiger partial charge on any atom is -0.356 e. The molecule has 0 radical (unpaired) electrons. The van der Waals surface area contributed by atoms with Crippen LogP contribution in [0.4, 0.5) is 5.82 Å². The first kappa shape index (κ1) is 15.2. The van der Waals surface area contributed by atoms with Crippen LogP contribution in [0.15, 0.2) is 17.2 Å². The Hall–Kier alpha value is -1.85. The number of hydrogen-bond acceptors (Lipinski definition) is 4. The number of rotatable bonds is 7. The maximum Gasteiger partial charge on any atom is 0.293 e. The van der Waals surface area contributed by atoms with Crippen molar-refractivity contribution in [1.82, 2.24) is 14.9 Å². The van der Waals surface area contributed by atoms with Gasteiger partial charge in [0.05, 0.1) is 6.54 Å². The van der Waals surface area contributed by atoms with Gasteiger partial charge in [0.2, 0.25) is 5.91 Å². The second-order valence-corrected chi connectivity index (χ2v) is 4.83. The van der Waals surface area contributed by atoms with Crippen molar-refractivity contribution in [3.05, 3.63) is 22.7 Å². The summed E-state index contributed by atoms with van der Waals surface area (Å²) in [7, 11) is 0. The van der Waals surface area contributed by atoms with E-state index < -0.39 is 0 Å². The highest BCUT2D eigenvalue weighted by atomic mass is 16.2. The molecule has 0 aliphatic carbocycles. The molecule has 2 N–H and O–H groups in total. The molecule has 1 aromatic heterocycles. The minimum atomic E-state index is -0.194. The fourth-order valence-electron chi connectivity index (χ4n) is 1.53. The van der Waals surface area contributed by atoms with E-state index in [1.54, 1.807) is 17.0 Å². The van der Waals surface area contributed by atoms with Gasteiger partial charge in [0.15, 0.2) is 5.82 Å². The predicted molar refractivity (Wildman–Crippen MR) is 75.1 cm³/mol. The van der Waals surface area contributed by atoms with Crippen molar-refractivity contribution < 1.29 is 4.79 Å². The number of nitrogens with one attached hydrogen (secondary N) is 2. The van der Waals surface area contributed by atoms with E-state index >= 15 is 0 Å². The molecule has 0 atom stereocenters. The summed E-state index contributed by atoms with van der Waals surface area (Å²) in [5.74, 6) is 0.483. The van der Waals surface area contributed by atoms with Crippen molar-refractivity contribution in [2.75, 3.05) is 18.4 Å². The highest BCUT2D eigenvalue weighted by Crippen LogP contribution is 1.94. The Bertz CT molecular complexity index is 468. The Morgan fingerprint density at radius 2 is 2.21 bits per heavy atom. The average Bonchev–Trinajstić information content (AvgIpc) is 2.37. The lowest BCUT2D eigenvalue weighted by Crippen LogP contribution is -2.34. The minimum absolute atomic E-state index is 0.0606. The van der Waals surface area contributed by atoms with Crippen LogP contribution >= 0.6 is 0 Å². The van der Waals surface area contributed by atoms with Crippen LogP contribution in [0.3, 0.4) is 0 Å². The molecule has 1 rings (SSSR count).